The third-order valence-electron chi connectivity index (χ3n) is 6.40. The molecule has 37 heavy (non-hydrogen) atoms. The predicted molar refractivity (Wildman–Crippen MR) is 143 cm³/mol. The van der Waals surface area contributed by atoms with E-state index in [4.69, 9.17) is 4.74 Å². The van der Waals surface area contributed by atoms with Gasteiger partial charge in [0, 0.05) is 11.8 Å². The van der Waals surface area contributed by atoms with Gasteiger partial charge in [-0.05, 0) is 46.5 Å². The lowest BCUT2D eigenvalue weighted by molar-refractivity contribution is -0.140. The molecular formula is C31H28N2O4. The second-order valence-corrected chi connectivity index (χ2v) is 9.55. The normalized spacial score (nSPS) is 17.1. The Morgan fingerprint density at radius 2 is 1.73 bits per heavy atom. The third-order valence-corrected chi connectivity index (χ3v) is 6.40. The van der Waals surface area contributed by atoms with Gasteiger partial charge in [0.25, 0.3) is 11.7 Å². The van der Waals surface area contributed by atoms with Gasteiger partial charge in [-0.1, -0.05) is 74.5 Å². The molecule has 0 saturated carbocycles. The summed E-state index contributed by atoms with van der Waals surface area (Å²) < 4.78 is 5.93. The average Bonchev–Trinajstić information content (AvgIpc) is 3.17. The van der Waals surface area contributed by atoms with Crippen molar-refractivity contribution in [3.63, 3.8) is 0 Å². The van der Waals surface area contributed by atoms with Crippen molar-refractivity contribution in [2.45, 2.75) is 26.4 Å². The van der Waals surface area contributed by atoms with Crippen molar-refractivity contribution in [1.82, 2.24) is 9.88 Å². The van der Waals surface area contributed by atoms with E-state index in [0.29, 0.717) is 35.1 Å². The molecule has 6 nitrogen and oxygen atoms in total. The number of aromatic nitrogens is 1. The van der Waals surface area contributed by atoms with Gasteiger partial charge in [-0.3, -0.25) is 14.6 Å². The van der Waals surface area contributed by atoms with E-state index in [9.17, 15) is 14.7 Å². The Bertz CT molecular complexity index is 1490. The molecule has 2 heterocycles. The number of rotatable bonds is 7. The van der Waals surface area contributed by atoms with Crippen LogP contribution < -0.4 is 4.74 Å². The lowest BCUT2D eigenvalue weighted by atomic mass is 9.93. The maximum atomic E-state index is 13.5. The average molecular weight is 493 g/mol. The van der Waals surface area contributed by atoms with Crippen molar-refractivity contribution in [2.75, 3.05) is 6.61 Å². The molecule has 1 saturated heterocycles. The van der Waals surface area contributed by atoms with Gasteiger partial charge in [0.05, 0.1) is 30.5 Å². The first kappa shape index (κ1) is 24.3. The summed E-state index contributed by atoms with van der Waals surface area (Å²) in [7, 11) is 0. The molecule has 3 aromatic carbocycles. The summed E-state index contributed by atoms with van der Waals surface area (Å²) in [6, 6.07) is 25.2. The number of ketones is 1. The number of Topliss-reactive ketones (excluding diaryl/α,β-unsaturated/α-hetero) is 1. The number of ether oxygens (including phenoxy) is 1. The van der Waals surface area contributed by atoms with Gasteiger partial charge < -0.3 is 14.7 Å². The van der Waals surface area contributed by atoms with Gasteiger partial charge in [-0.15, -0.1) is 0 Å². The molecule has 4 aromatic rings. The van der Waals surface area contributed by atoms with E-state index in [0.717, 1.165) is 10.8 Å². The lowest BCUT2D eigenvalue weighted by Gasteiger charge is -2.25. The number of amides is 1. The predicted octanol–water partition coefficient (Wildman–Crippen LogP) is 5.89. The highest BCUT2D eigenvalue weighted by atomic mass is 16.5. The molecule has 1 atom stereocenters. The van der Waals surface area contributed by atoms with Gasteiger partial charge in [0.15, 0.2) is 0 Å². The third kappa shape index (κ3) is 4.83. The van der Waals surface area contributed by atoms with E-state index in [1.807, 2.05) is 72.8 Å². The maximum Gasteiger partial charge on any atom is 0.296 e. The van der Waals surface area contributed by atoms with Crippen molar-refractivity contribution in [3.8, 4) is 5.75 Å². The summed E-state index contributed by atoms with van der Waals surface area (Å²) >= 11 is 0. The Labute approximate surface area is 215 Å². The Kier molecular flexibility index (Phi) is 6.73. The number of likely N-dealkylation sites (tertiary alicyclic amines) is 1. The van der Waals surface area contributed by atoms with Crippen LogP contribution in [0.3, 0.4) is 0 Å². The van der Waals surface area contributed by atoms with Crippen molar-refractivity contribution in [3.05, 3.63) is 114 Å². The van der Waals surface area contributed by atoms with Crippen molar-refractivity contribution in [1.29, 1.82) is 0 Å². The summed E-state index contributed by atoms with van der Waals surface area (Å²) in [4.78, 5) is 32.7. The van der Waals surface area contributed by atoms with Crippen molar-refractivity contribution < 1.29 is 19.4 Å². The molecular weight excluding hydrogens is 464 g/mol. The highest BCUT2D eigenvalue weighted by Crippen LogP contribution is 2.42. The zero-order chi connectivity index (χ0) is 25.9. The zero-order valence-corrected chi connectivity index (χ0v) is 20.8. The molecule has 1 fully saturated rings. The monoisotopic (exact) mass is 492 g/mol. The van der Waals surface area contributed by atoms with E-state index >= 15 is 0 Å². The van der Waals surface area contributed by atoms with Crippen molar-refractivity contribution in [2.24, 2.45) is 5.92 Å². The molecule has 1 aliphatic heterocycles. The number of fused-ring (bicyclic) bond motifs is 1. The van der Waals surface area contributed by atoms with Crippen LogP contribution in [0.1, 0.15) is 36.7 Å². The smallest absolute Gasteiger partial charge is 0.296 e. The molecule has 1 aliphatic rings. The largest absolute Gasteiger partial charge is 0.507 e. The highest BCUT2D eigenvalue weighted by Gasteiger charge is 2.46. The quantitative estimate of drug-likeness (QED) is 0.198. The fourth-order valence-corrected chi connectivity index (χ4v) is 4.67. The Hall–Kier alpha value is -4.45. The molecule has 1 N–H and O–H groups in total. The second-order valence-electron chi connectivity index (χ2n) is 9.55. The number of hydrogen-bond donors (Lipinski definition) is 1. The molecule has 0 spiro atoms. The summed E-state index contributed by atoms with van der Waals surface area (Å²) in [6.07, 6.45) is 1.65. The minimum atomic E-state index is -0.802. The van der Waals surface area contributed by atoms with Crippen LogP contribution in [0.4, 0.5) is 0 Å². The Balaban J connectivity index is 1.67. The van der Waals surface area contributed by atoms with E-state index in [-0.39, 0.29) is 17.9 Å². The van der Waals surface area contributed by atoms with Gasteiger partial charge >= 0.3 is 0 Å². The first-order valence-corrected chi connectivity index (χ1v) is 12.3. The van der Waals surface area contributed by atoms with Crippen LogP contribution in [0.25, 0.3) is 16.5 Å². The first-order valence-electron chi connectivity index (χ1n) is 12.3. The van der Waals surface area contributed by atoms with E-state index in [2.05, 4.69) is 18.8 Å². The van der Waals surface area contributed by atoms with Crippen LogP contribution in [0.5, 0.6) is 5.75 Å². The second kappa shape index (κ2) is 10.3. The Morgan fingerprint density at radius 3 is 2.51 bits per heavy atom. The molecule has 1 aromatic heterocycles. The molecule has 1 amide bonds. The Morgan fingerprint density at radius 1 is 0.973 bits per heavy atom. The fourth-order valence-electron chi connectivity index (χ4n) is 4.67. The number of nitrogens with zero attached hydrogens (tertiary/aromatic N) is 2. The molecule has 0 aliphatic carbocycles. The van der Waals surface area contributed by atoms with Crippen LogP contribution in [0, 0.1) is 5.92 Å². The molecule has 5 rings (SSSR count). The van der Waals surface area contributed by atoms with Crippen LogP contribution in [0.2, 0.25) is 0 Å². The maximum absolute atomic E-state index is 13.5. The molecule has 0 radical (unpaired) electrons. The van der Waals surface area contributed by atoms with E-state index < -0.39 is 17.7 Å². The summed E-state index contributed by atoms with van der Waals surface area (Å²) in [5, 5.41) is 13.3. The lowest BCUT2D eigenvalue weighted by Crippen LogP contribution is -2.29. The van der Waals surface area contributed by atoms with Crippen LogP contribution >= 0.6 is 0 Å². The number of hydrogen-bond acceptors (Lipinski definition) is 5. The number of aliphatic hydroxyl groups excluding tert-OH is 1. The fraction of sp³-hybridized carbons (Fsp3) is 0.194. The molecule has 0 bridgehead atoms. The standard InChI is InChI=1S/C31H28N2O4/c1-20(2)19-37-24-13-7-11-22(17-24)28-27(29(34)26-15-8-10-21-9-3-4-14-25(21)26)30(35)31(36)33(28)18-23-12-5-6-16-32-23/h3-17,20,28,34H,18-19H2,1-2H3/b29-27-. The van der Waals surface area contributed by atoms with Gasteiger partial charge in [0.1, 0.15) is 11.5 Å². The first-order chi connectivity index (χ1) is 17.9. The summed E-state index contributed by atoms with van der Waals surface area (Å²) in [5.74, 6) is -0.618. The SMILES string of the molecule is CC(C)COc1cccc(C2/C(=C(/O)c3cccc4ccccc34)C(=O)C(=O)N2Cc2ccccn2)c1. The number of pyridine rings is 1. The molecule has 186 valence electrons. The van der Waals surface area contributed by atoms with Crippen LogP contribution in [-0.2, 0) is 16.1 Å². The number of aliphatic hydroxyl groups is 1. The number of carbonyl (C=O) groups is 2. The van der Waals surface area contributed by atoms with Crippen LogP contribution in [0.15, 0.2) is 96.7 Å². The van der Waals surface area contributed by atoms with Gasteiger partial charge in [-0.25, -0.2) is 0 Å². The highest BCUT2D eigenvalue weighted by molar-refractivity contribution is 6.46. The number of carbonyl (C=O) groups excluding carboxylic acids is 2. The summed E-state index contributed by atoms with van der Waals surface area (Å²) in [5.41, 5.74) is 1.88. The zero-order valence-electron chi connectivity index (χ0n) is 20.8. The number of benzene rings is 3. The minimum Gasteiger partial charge on any atom is -0.507 e. The van der Waals surface area contributed by atoms with Gasteiger partial charge in [-0.2, -0.15) is 0 Å². The minimum absolute atomic E-state index is 0.0540. The topological polar surface area (TPSA) is 79.7 Å². The van der Waals surface area contributed by atoms with Crippen molar-refractivity contribution >= 4 is 28.2 Å². The van der Waals surface area contributed by atoms with E-state index in [1.54, 1.807) is 18.3 Å². The van der Waals surface area contributed by atoms with Gasteiger partial charge in [0.2, 0.25) is 0 Å². The molecule has 1 unspecified atom stereocenters. The van der Waals surface area contributed by atoms with Crippen LogP contribution in [-0.4, -0.2) is 33.3 Å². The summed E-state index contributed by atoms with van der Waals surface area (Å²) in [6.45, 7) is 4.79. The molecule has 6 heteroatoms. The van der Waals surface area contributed by atoms with E-state index in [1.165, 1.54) is 4.90 Å².